The van der Waals surface area contributed by atoms with Crippen molar-refractivity contribution < 1.29 is 9.18 Å². The van der Waals surface area contributed by atoms with Gasteiger partial charge in [-0.25, -0.2) is 9.18 Å². The number of nitrogens with zero attached hydrogens (tertiary/aromatic N) is 2. The summed E-state index contributed by atoms with van der Waals surface area (Å²) in [5.41, 5.74) is 3.97. The molecule has 150 valence electrons. The lowest BCUT2D eigenvalue weighted by atomic mass is 10.0. The maximum absolute atomic E-state index is 14.6. The lowest BCUT2D eigenvalue weighted by Gasteiger charge is -2.30. The highest BCUT2D eigenvalue weighted by molar-refractivity contribution is 6.31. The lowest BCUT2D eigenvalue weighted by molar-refractivity contribution is 0.205. The number of hydrogen-bond acceptors (Lipinski definition) is 2. The van der Waals surface area contributed by atoms with Gasteiger partial charge in [-0.15, -0.1) is 0 Å². The molecule has 0 aliphatic carbocycles. The molecule has 3 aromatic rings. The normalized spacial score (nSPS) is 13.5. The van der Waals surface area contributed by atoms with Gasteiger partial charge in [0.1, 0.15) is 0 Å². The van der Waals surface area contributed by atoms with Crippen LogP contribution < -0.4 is 10.7 Å². The van der Waals surface area contributed by atoms with E-state index in [0.717, 1.165) is 22.5 Å². The van der Waals surface area contributed by atoms with Crippen molar-refractivity contribution in [2.45, 2.75) is 26.8 Å². The molecule has 1 N–H and O–H groups in total. The summed E-state index contributed by atoms with van der Waals surface area (Å²) in [7, 11) is 1.73. The number of benzene rings is 2. The van der Waals surface area contributed by atoms with Crippen LogP contribution in [-0.4, -0.2) is 22.0 Å². The van der Waals surface area contributed by atoms with Crippen molar-refractivity contribution in [2.24, 2.45) is 7.05 Å². The van der Waals surface area contributed by atoms with Crippen molar-refractivity contribution in [2.75, 3.05) is 11.9 Å². The monoisotopic (exact) mass is 413 g/mol. The second kappa shape index (κ2) is 7.19. The van der Waals surface area contributed by atoms with Crippen molar-refractivity contribution in [3.05, 3.63) is 73.8 Å². The number of anilines is 1. The van der Waals surface area contributed by atoms with E-state index in [-0.39, 0.29) is 33.9 Å². The number of hydrogen-bond donors (Lipinski definition) is 1. The van der Waals surface area contributed by atoms with Crippen LogP contribution >= 0.6 is 11.6 Å². The first-order chi connectivity index (χ1) is 13.8. The van der Waals surface area contributed by atoms with Crippen molar-refractivity contribution in [1.82, 2.24) is 9.47 Å². The van der Waals surface area contributed by atoms with Crippen molar-refractivity contribution in [3.8, 4) is 0 Å². The zero-order valence-corrected chi connectivity index (χ0v) is 17.2. The minimum absolute atomic E-state index is 0.0159. The van der Waals surface area contributed by atoms with Crippen LogP contribution in [0.3, 0.4) is 0 Å². The summed E-state index contributed by atoms with van der Waals surface area (Å²) >= 11 is 5.91. The number of nitrogens with one attached hydrogen (secondary N) is 1. The highest BCUT2D eigenvalue weighted by atomic mass is 35.5. The number of rotatable bonds is 1. The highest BCUT2D eigenvalue weighted by Crippen LogP contribution is 2.27. The standard InChI is InChI=1S/C22H21ClFN3O2/c1-12-4-5-13(2)17(10-12)25-22(29)27-9-8-18-15(11-27)21(28)14-6-7-16(23)19(24)20(14)26(18)3/h4-7,10H,8-9,11H2,1-3H3,(H,25,29). The number of fused-ring (bicyclic) bond motifs is 2. The Morgan fingerprint density at radius 2 is 1.97 bits per heavy atom. The number of aromatic nitrogens is 1. The van der Waals surface area contributed by atoms with E-state index in [4.69, 9.17) is 11.6 Å². The smallest absolute Gasteiger partial charge is 0.322 e. The van der Waals surface area contributed by atoms with Gasteiger partial charge in [-0.3, -0.25) is 4.79 Å². The van der Waals surface area contributed by atoms with Gasteiger partial charge in [0.25, 0.3) is 0 Å². The first kappa shape index (κ1) is 19.5. The molecule has 1 aliphatic rings. The van der Waals surface area contributed by atoms with Gasteiger partial charge in [0.2, 0.25) is 0 Å². The number of pyridine rings is 1. The zero-order valence-electron chi connectivity index (χ0n) is 16.5. The topological polar surface area (TPSA) is 54.3 Å². The minimum atomic E-state index is -0.596. The number of carbonyl (C=O) groups is 1. The third-order valence-electron chi connectivity index (χ3n) is 5.57. The molecule has 2 heterocycles. The molecule has 4 rings (SSSR count). The lowest BCUT2D eigenvalue weighted by Crippen LogP contribution is -2.42. The molecule has 0 spiro atoms. The SMILES string of the molecule is Cc1ccc(C)c(NC(=O)N2CCc3c(c(=O)c4ccc(Cl)c(F)c4n3C)C2)c1. The van der Waals surface area contributed by atoms with Crippen LogP contribution in [0, 0.1) is 19.7 Å². The van der Waals surface area contributed by atoms with Crippen molar-refractivity contribution >= 4 is 34.2 Å². The molecule has 29 heavy (non-hydrogen) atoms. The highest BCUT2D eigenvalue weighted by Gasteiger charge is 2.27. The second-order valence-electron chi connectivity index (χ2n) is 7.49. The zero-order chi connectivity index (χ0) is 20.9. The molecule has 1 aromatic heterocycles. The quantitative estimate of drug-likeness (QED) is 0.636. The van der Waals surface area contributed by atoms with Gasteiger partial charge in [0.05, 0.1) is 17.1 Å². The number of halogens is 2. The van der Waals surface area contributed by atoms with Crippen LogP contribution in [0.2, 0.25) is 5.02 Å². The molecule has 0 fully saturated rings. The fourth-order valence-electron chi connectivity index (χ4n) is 3.91. The van der Waals surface area contributed by atoms with E-state index in [9.17, 15) is 14.0 Å². The molecular formula is C22H21ClFN3O2. The van der Waals surface area contributed by atoms with Gasteiger partial charge in [-0.05, 0) is 43.2 Å². The van der Waals surface area contributed by atoms with Crippen LogP contribution in [0.5, 0.6) is 0 Å². The fraction of sp³-hybridized carbons (Fsp3) is 0.273. The summed E-state index contributed by atoms with van der Waals surface area (Å²) in [6.45, 7) is 4.51. The Morgan fingerprint density at radius 1 is 1.21 bits per heavy atom. The Bertz CT molecular complexity index is 1220. The molecule has 0 radical (unpaired) electrons. The van der Waals surface area contributed by atoms with Gasteiger partial charge in [0.15, 0.2) is 11.2 Å². The third kappa shape index (κ3) is 3.27. The molecule has 0 saturated carbocycles. The fourth-order valence-corrected chi connectivity index (χ4v) is 4.07. The number of aryl methyl sites for hydroxylation is 3. The van der Waals surface area contributed by atoms with Gasteiger partial charge in [-0.2, -0.15) is 0 Å². The van der Waals surface area contributed by atoms with E-state index in [2.05, 4.69) is 5.32 Å². The van der Waals surface area contributed by atoms with Gasteiger partial charge >= 0.3 is 6.03 Å². The maximum atomic E-state index is 14.6. The predicted molar refractivity (Wildman–Crippen MR) is 113 cm³/mol. The Balaban J connectivity index is 1.70. The maximum Gasteiger partial charge on any atom is 0.322 e. The molecule has 0 bridgehead atoms. The molecule has 5 nitrogen and oxygen atoms in total. The summed E-state index contributed by atoms with van der Waals surface area (Å²) in [5, 5.41) is 3.19. The van der Waals surface area contributed by atoms with E-state index < -0.39 is 5.82 Å². The molecule has 2 aromatic carbocycles. The molecule has 0 unspecified atom stereocenters. The van der Waals surface area contributed by atoms with Crippen molar-refractivity contribution in [1.29, 1.82) is 0 Å². The summed E-state index contributed by atoms with van der Waals surface area (Å²) in [4.78, 5) is 27.5. The average molecular weight is 414 g/mol. The van der Waals surface area contributed by atoms with E-state index in [1.165, 1.54) is 6.07 Å². The van der Waals surface area contributed by atoms with E-state index in [0.29, 0.717) is 18.5 Å². The Labute approximate surface area is 172 Å². The first-order valence-electron chi connectivity index (χ1n) is 9.39. The van der Waals surface area contributed by atoms with Crippen LogP contribution in [-0.2, 0) is 20.0 Å². The van der Waals surface area contributed by atoms with E-state index in [1.807, 2.05) is 32.0 Å². The average Bonchev–Trinajstić information content (AvgIpc) is 2.70. The molecule has 2 amide bonds. The van der Waals surface area contributed by atoms with E-state index in [1.54, 1.807) is 22.6 Å². The molecular weight excluding hydrogens is 393 g/mol. The van der Waals surface area contributed by atoms with Crippen molar-refractivity contribution in [3.63, 3.8) is 0 Å². The molecule has 1 aliphatic heterocycles. The van der Waals surface area contributed by atoms with Gasteiger partial charge in [0, 0.05) is 42.3 Å². The third-order valence-corrected chi connectivity index (χ3v) is 5.86. The van der Waals surface area contributed by atoms with Gasteiger partial charge < -0.3 is 14.8 Å². The Hall–Kier alpha value is -2.86. The predicted octanol–water partition coefficient (Wildman–Crippen LogP) is 4.54. The largest absolute Gasteiger partial charge is 0.345 e. The Morgan fingerprint density at radius 3 is 2.72 bits per heavy atom. The summed E-state index contributed by atoms with van der Waals surface area (Å²) in [6.07, 6.45) is 0.461. The van der Waals surface area contributed by atoms with Gasteiger partial charge in [-0.1, -0.05) is 23.7 Å². The molecule has 0 atom stereocenters. The molecule has 0 saturated heterocycles. The number of urea groups is 1. The summed E-state index contributed by atoms with van der Waals surface area (Å²) < 4.78 is 16.2. The summed E-state index contributed by atoms with van der Waals surface area (Å²) in [6, 6.07) is 8.54. The van der Waals surface area contributed by atoms with E-state index >= 15 is 0 Å². The first-order valence-corrected chi connectivity index (χ1v) is 9.77. The van der Waals surface area contributed by atoms with Crippen LogP contribution in [0.15, 0.2) is 35.1 Å². The minimum Gasteiger partial charge on any atom is -0.345 e. The molecule has 7 heteroatoms. The van der Waals surface area contributed by atoms with Crippen LogP contribution in [0.1, 0.15) is 22.4 Å². The number of amides is 2. The number of carbonyl (C=O) groups excluding carboxylic acids is 1. The Kier molecular flexibility index (Phi) is 4.82. The second-order valence-corrected chi connectivity index (χ2v) is 7.90. The van der Waals surface area contributed by atoms with Crippen LogP contribution in [0.25, 0.3) is 10.9 Å². The summed E-state index contributed by atoms with van der Waals surface area (Å²) in [5.74, 6) is -0.596. The van der Waals surface area contributed by atoms with Crippen LogP contribution in [0.4, 0.5) is 14.9 Å².